The smallest absolute Gasteiger partial charge is 0.238 e. The molecule has 5 heteroatoms. The Morgan fingerprint density at radius 1 is 1.21 bits per heavy atom. The molecule has 1 aliphatic heterocycles. The van der Waals surface area contributed by atoms with Gasteiger partial charge < -0.3 is 14.8 Å². The predicted octanol–water partition coefficient (Wildman–Crippen LogP) is 2.71. The molecule has 3 rings (SSSR count). The molecule has 1 atom stereocenters. The number of hydrogen-bond donors (Lipinski definition) is 1. The molecule has 0 aliphatic carbocycles. The number of amides is 1. The summed E-state index contributed by atoms with van der Waals surface area (Å²) in [4.78, 5) is 14.6. The van der Waals surface area contributed by atoms with Crippen molar-refractivity contribution in [2.75, 3.05) is 38.7 Å². The molecule has 0 unspecified atom stereocenters. The Morgan fingerprint density at radius 3 is 2.67 bits per heavy atom. The highest BCUT2D eigenvalue weighted by Gasteiger charge is 2.26. The van der Waals surface area contributed by atoms with Gasteiger partial charge in [-0.05, 0) is 29.8 Å². The molecular formula is C19H22N2O3. The maximum absolute atomic E-state index is 12.4. The molecule has 1 N–H and O–H groups in total. The number of anilines is 1. The molecule has 0 spiro atoms. The highest BCUT2D eigenvalue weighted by molar-refractivity contribution is 5.92. The van der Waals surface area contributed by atoms with Crippen molar-refractivity contribution in [3.63, 3.8) is 0 Å². The molecule has 1 amide bonds. The number of carbonyl (C=O) groups is 1. The van der Waals surface area contributed by atoms with E-state index in [0.29, 0.717) is 19.8 Å². The number of carbonyl (C=O) groups excluding carboxylic acids is 1. The van der Waals surface area contributed by atoms with Crippen molar-refractivity contribution in [2.24, 2.45) is 0 Å². The van der Waals surface area contributed by atoms with E-state index in [4.69, 9.17) is 9.47 Å². The Balaban J connectivity index is 1.63. The van der Waals surface area contributed by atoms with E-state index in [0.717, 1.165) is 18.0 Å². The van der Waals surface area contributed by atoms with E-state index in [2.05, 4.69) is 22.3 Å². The maximum Gasteiger partial charge on any atom is 0.238 e. The van der Waals surface area contributed by atoms with Crippen LogP contribution in [0, 0.1) is 0 Å². The van der Waals surface area contributed by atoms with E-state index < -0.39 is 0 Å². The lowest BCUT2D eigenvalue weighted by Crippen LogP contribution is -2.43. The molecule has 5 nitrogen and oxygen atoms in total. The molecule has 24 heavy (non-hydrogen) atoms. The minimum atomic E-state index is -0.0250. The molecule has 0 bridgehead atoms. The van der Waals surface area contributed by atoms with Gasteiger partial charge in [-0.1, -0.05) is 30.3 Å². The van der Waals surface area contributed by atoms with Crippen LogP contribution in [0.5, 0.6) is 5.75 Å². The van der Waals surface area contributed by atoms with Gasteiger partial charge in [-0.2, -0.15) is 0 Å². The van der Waals surface area contributed by atoms with Gasteiger partial charge in [-0.25, -0.2) is 0 Å². The van der Waals surface area contributed by atoms with E-state index >= 15 is 0 Å². The fourth-order valence-corrected chi connectivity index (χ4v) is 2.87. The van der Waals surface area contributed by atoms with Crippen LogP contribution in [0.25, 0.3) is 0 Å². The molecule has 0 aromatic heterocycles. The van der Waals surface area contributed by atoms with Gasteiger partial charge in [0.1, 0.15) is 5.75 Å². The number of methoxy groups -OCH3 is 1. The van der Waals surface area contributed by atoms with E-state index in [9.17, 15) is 4.79 Å². The van der Waals surface area contributed by atoms with Crippen LogP contribution in [-0.2, 0) is 9.53 Å². The van der Waals surface area contributed by atoms with Crippen LogP contribution in [-0.4, -0.2) is 44.2 Å². The van der Waals surface area contributed by atoms with Crippen LogP contribution in [0.3, 0.4) is 0 Å². The van der Waals surface area contributed by atoms with Crippen LogP contribution >= 0.6 is 0 Å². The zero-order valence-electron chi connectivity index (χ0n) is 13.8. The van der Waals surface area contributed by atoms with Crippen molar-refractivity contribution in [3.05, 3.63) is 60.2 Å². The second kappa shape index (κ2) is 7.95. The summed E-state index contributed by atoms with van der Waals surface area (Å²) in [6, 6.07) is 17.6. The SMILES string of the molecule is COc1ccc(NC(=O)CN2CCOC[C@@H]2c2ccccc2)cc1. The second-order valence-electron chi connectivity index (χ2n) is 5.75. The molecular weight excluding hydrogens is 304 g/mol. The molecule has 2 aromatic carbocycles. The second-order valence-corrected chi connectivity index (χ2v) is 5.75. The normalized spacial score (nSPS) is 18.1. The lowest BCUT2D eigenvalue weighted by atomic mass is 10.1. The van der Waals surface area contributed by atoms with Crippen LogP contribution in [0.4, 0.5) is 5.69 Å². The number of nitrogens with one attached hydrogen (secondary N) is 1. The topological polar surface area (TPSA) is 50.8 Å². The standard InChI is InChI=1S/C19H22N2O3/c1-23-17-9-7-16(8-10-17)20-19(22)13-21-11-12-24-14-18(21)15-5-3-2-4-6-15/h2-10,18H,11-14H2,1H3,(H,20,22)/t18-/m1/s1. The largest absolute Gasteiger partial charge is 0.497 e. The third kappa shape index (κ3) is 4.13. The highest BCUT2D eigenvalue weighted by Crippen LogP contribution is 2.24. The maximum atomic E-state index is 12.4. The molecule has 0 saturated carbocycles. The lowest BCUT2D eigenvalue weighted by molar-refractivity contribution is -0.119. The van der Waals surface area contributed by atoms with Crippen molar-refractivity contribution in [2.45, 2.75) is 6.04 Å². The summed E-state index contributed by atoms with van der Waals surface area (Å²) in [6.07, 6.45) is 0. The summed E-state index contributed by atoms with van der Waals surface area (Å²) in [5.74, 6) is 0.744. The Labute approximate surface area is 142 Å². The number of nitrogens with zero attached hydrogens (tertiary/aromatic N) is 1. The highest BCUT2D eigenvalue weighted by atomic mass is 16.5. The fraction of sp³-hybridized carbons (Fsp3) is 0.316. The van der Waals surface area contributed by atoms with Crippen LogP contribution < -0.4 is 10.1 Å². The molecule has 126 valence electrons. The predicted molar refractivity (Wildman–Crippen MR) is 93.2 cm³/mol. The van der Waals surface area contributed by atoms with Crippen molar-refractivity contribution in [1.29, 1.82) is 0 Å². The third-order valence-corrected chi connectivity index (χ3v) is 4.14. The number of benzene rings is 2. The summed E-state index contributed by atoms with van der Waals surface area (Å²) in [5.41, 5.74) is 1.94. The monoisotopic (exact) mass is 326 g/mol. The number of hydrogen-bond acceptors (Lipinski definition) is 4. The first-order valence-corrected chi connectivity index (χ1v) is 8.07. The molecule has 1 saturated heterocycles. The van der Waals surface area contributed by atoms with Crippen LogP contribution in [0.2, 0.25) is 0 Å². The molecule has 1 fully saturated rings. The van der Waals surface area contributed by atoms with E-state index in [1.807, 2.05) is 42.5 Å². The molecule has 1 aliphatic rings. The first-order valence-electron chi connectivity index (χ1n) is 8.07. The van der Waals surface area contributed by atoms with Crippen molar-refractivity contribution >= 4 is 11.6 Å². The van der Waals surface area contributed by atoms with Gasteiger partial charge in [0.15, 0.2) is 0 Å². The van der Waals surface area contributed by atoms with Crippen molar-refractivity contribution < 1.29 is 14.3 Å². The minimum Gasteiger partial charge on any atom is -0.497 e. The van der Waals surface area contributed by atoms with Gasteiger partial charge in [0.2, 0.25) is 5.91 Å². The van der Waals surface area contributed by atoms with Gasteiger partial charge in [0.05, 0.1) is 32.9 Å². The van der Waals surface area contributed by atoms with E-state index in [1.165, 1.54) is 5.56 Å². The van der Waals surface area contributed by atoms with Gasteiger partial charge in [-0.15, -0.1) is 0 Å². The zero-order valence-corrected chi connectivity index (χ0v) is 13.8. The molecule has 2 aromatic rings. The minimum absolute atomic E-state index is 0.0250. The Bertz CT molecular complexity index is 658. The van der Waals surface area contributed by atoms with Crippen LogP contribution in [0.1, 0.15) is 11.6 Å². The number of morpholine rings is 1. The first kappa shape index (κ1) is 16.5. The summed E-state index contributed by atoms with van der Waals surface area (Å²) in [5, 5.41) is 2.94. The molecule has 0 radical (unpaired) electrons. The lowest BCUT2D eigenvalue weighted by Gasteiger charge is -2.35. The van der Waals surface area contributed by atoms with Crippen molar-refractivity contribution in [1.82, 2.24) is 4.90 Å². The molecule has 1 heterocycles. The Kier molecular flexibility index (Phi) is 5.46. The van der Waals surface area contributed by atoms with Gasteiger partial charge >= 0.3 is 0 Å². The van der Waals surface area contributed by atoms with Gasteiger partial charge in [-0.3, -0.25) is 9.69 Å². The number of rotatable bonds is 5. The van der Waals surface area contributed by atoms with E-state index in [1.54, 1.807) is 7.11 Å². The average Bonchev–Trinajstić information content (AvgIpc) is 2.63. The fourth-order valence-electron chi connectivity index (χ4n) is 2.87. The van der Waals surface area contributed by atoms with E-state index in [-0.39, 0.29) is 11.9 Å². The van der Waals surface area contributed by atoms with Crippen molar-refractivity contribution in [3.8, 4) is 5.75 Å². The Hall–Kier alpha value is -2.37. The van der Waals surface area contributed by atoms with Gasteiger partial charge in [0.25, 0.3) is 0 Å². The summed E-state index contributed by atoms with van der Waals surface area (Å²) in [7, 11) is 1.62. The summed E-state index contributed by atoms with van der Waals surface area (Å²) in [6.45, 7) is 2.35. The quantitative estimate of drug-likeness (QED) is 0.918. The van der Waals surface area contributed by atoms with Crippen LogP contribution in [0.15, 0.2) is 54.6 Å². The van der Waals surface area contributed by atoms with Gasteiger partial charge in [0, 0.05) is 12.2 Å². The summed E-state index contributed by atoms with van der Waals surface area (Å²) >= 11 is 0. The first-order chi connectivity index (χ1) is 11.8. The Morgan fingerprint density at radius 2 is 1.96 bits per heavy atom. The number of ether oxygens (including phenoxy) is 2. The third-order valence-electron chi connectivity index (χ3n) is 4.14. The average molecular weight is 326 g/mol. The summed E-state index contributed by atoms with van der Waals surface area (Å²) < 4.78 is 10.7. The zero-order chi connectivity index (χ0) is 16.8.